The Morgan fingerprint density at radius 1 is 0.895 bits per heavy atom. The second kappa shape index (κ2) is 12.6. The molecule has 0 atom stereocenters. The molecule has 0 saturated heterocycles. The predicted molar refractivity (Wildman–Crippen MR) is 146 cm³/mol. The number of hydrogen-bond acceptors (Lipinski definition) is 7. The number of nitro benzene ring substituents is 2. The number of ether oxygens (including phenoxy) is 1. The van der Waals surface area contributed by atoms with Crippen LogP contribution in [0, 0.1) is 20.2 Å². The molecule has 11 nitrogen and oxygen atoms in total. The molecule has 3 N–H and O–H groups in total. The number of carbonyl (C=O) groups is 1. The van der Waals surface area contributed by atoms with Crippen LogP contribution in [0.4, 0.5) is 11.4 Å². The number of rotatable bonds is 6. The van der Waals surface area contributed by atoms with Crippen LogP contribution in [0.15, 0.2) is 48.5 Å². The van der Waals surface area contributed by atoms with E-state index in [9.17, 15) is 30.1 Å². The molecule has 0 aliphatic carbocycles. The fraction of sp³-hybridized carbons (Fsp3) is 0.320. The molecule has 0 bridgehead atoms. The van der Waals surface area contributed by atoms with Gasteiger partial charge in [0, 0.05) is 57.5 Å². The van der Waals surface area contributed by atoms with Crippen molar-refractivity contribution in [1.29, 1.82) is 0 Å². The van der Waals surface area contributed by atoms with E-state index in [1.54, 1.807) is 58.9 Å². The first kappa shape index (κ1) is 32.9. The van der Waals surface area contributed by atoms with Crippen LogP contribution in [-0.4, -0.2) is 54.9 Å². The Morgan fingerprint density at radius 2 is 1.32 bits per heavy atom. The van der Waals surface area contributed by atoms with Gasteiger partial charge in [0.05, 0.1) is 22.1 Å². The number of esters is 1. The Hall–Kier alpha value is -3.12. The topological polar surface area (TPSA) is 164 Å². The van der Waals surface area contributed by atoms with E-state index in [0.29, 0.717) is 23.4 Å². The molecular formula is C25H32AlLiN4O7. The van der Waals surface area contributed by atoms with Gasteiger partial charge in [-0.1, -0.05) is 0 Å². The first-order chi connectivity index (χ1) is 16.7. The van der Waals surface area contributed by atoms with E-state index in [4.69, 9.17) is 4.74 Å². The summed E-state index contributed by atoms with van der Waals surface area (Å²) in [6, 6.07) is 12.6. The number of aromatic amines is 2. The first-order valence-corrected chi connectivity index (χ1v) is 11.2. The predicted octanol–water partition coefficient (Wildman–Crippen LogP) is 1.15. The van der Waals surface area contributed by atoms with E-state index >= 15 is 0 Å². The number of aromatic nitrogens is 2. The summed E-state index contributed by atoms with van der Waals surface area (Å²) in [5, 5.41) is 32.6. The molecule has 0 aliphatic rings. The number of aliphatic hydroxyl groups is 1. The zero-order chi connectivity index (χ0) is 26.8. The molecule has 0 radical (unpaired) electrons. The number of nitrogens with one attached hydrogen (secondary N) is 2. The number of benzene rings is 2. The van der Waals surface area contributed by atoms with Gasteiger partial charge in [0.25, 0.3) is 11.4 Å². The molecule has 2 aromatic carbocycles. The maximum absolute atomic E-state index is 12.0. The molecule has 0 amide bonds. The van der Waals surface area contributed by atoms with Crippen LogP contribution in [0.25, 0.3) is 21.8 Å². The maximum Gasteiger partial charge on any atom is 1.00 e. The van der Waals surface area contributed by atoms with Crippen molar-refractivity contribution in [2.45, 2.75) is 45.6 Å². The molecule has 2 aromatic heterocycles. The van der Waals surface area contributed by atoms with E-state index in [0.717, 1.165) is 16.4 Å². The van der Waals surface area contributed by atoms with Crippen molar-refractivity contribution >= 4 is 56.5 Å². The minimum absolute atomic E-state index is 0. The summed E-state index contributed by atoms with van der Waals surface area (Å²) >= 11 is 0. The van der Waals surface area contributed by atoms with Gasteiger partial charge >= 0.3 is 24.8 Å². The third-order valence-corrected chi connectivity index (χ3v) is 5.75. The average molecular weight is 534 g/mol. The van der Waals surface area contributed by atoms with Crippen LogP contribution < -0.4 is 18.9 Å². The normalized spacial score (nSPS) is 11.1. The molecule has 2 heterocycles. The Balaban J connectivity index is 0.000000701. The van der Waals surface area contributed by atoms with Crippen LogP contribution >= 0.6 is 0 Å². The summed E-state index contributed by atoms with van der Waals surface area (Å²) in [5.41, 5.74) is 1.11. The fourth-order valence-corrected chi connectivity index (χ4v) is 3.55. The van der Waals surface area contributed by atoms with Crippen molar-refractivity contribution in [3.05, 3.63) is 80.1 Å². The van der Waals surface area contributed by atoms with E-state index in [2.05, 4.69) is 9.97 Å². The van der Waals surface area contributed by atoms with Crippen molar-refractivity contribution in [2.24, 2.45) is 0 Å². The number of hydrogen-bond donors (Lipinski definition) is 3. The van der Waals surface area contributed by atoms with Crippen molar-refractivity contribution in [2.75, 3.05) is 6.61 Å². The van der Waals surface area contributed by atoms with Gasteiger partial charge in [-0.05, 0) is 58.9 Å². The van der Waals surface area contributed by atoms with Gasteiger partial charge in [-0.2, -0.15) is 0 Å². The van der Waals surface area contributed by atoms with E-state index in [-0.39, 0.29) is 55.0 Å². The SMILES string of the molecule is CC(C)(O)c1cc2cc([N+](=O)[O-])ccc2[nH]1.CCOC(=O)C(C)(C)c1cc2cc([N+](=O)[O-])ccc2[nH]1.[AlH3].[H-].[Li+]. The van der Waals surface area contributed by atoms with Crippen LogP contribution in [0.2, 0.25) is 0 Å². The summed E-state index contributed by atoms with van der Waals surface area (Å²) in [7, 11) is 0. The summed E-state index contributed by atoms with van der Waals surface area (Å²) < 4.78 is 5.05. The van der Waals surface area contributed by atoms with Crippen molar-refractivity contribution in [3.8, 4) is 0 Å². The molecule has 198 valence electrons. The molecular weight excluding hydrogens is 502 g/mol. The third-order valence-electron chi connectivity index (χ3n) is 5.75. The maximum atomic E-state index is 12.0. The van der Waals surface area contributed by atoms with Crippen molar-refractivity contribution in [1.82, 2.24) is 9.97 Å². The van der Waals surface area contributed by atoms with Gasteiger partial charge in [-0.15, -0.1) is 0 Å². The minimum atomic E-state index is -0.978. The van der Waals surface area contributed by atoms with Crippen molar-refractivity contribution < 1.29 is 44.8 Å². The Kier molecular flexibility index (Phi) is 10.9. The molecule has 4 rings (SSSR count). The molecule has 38 heavy (non-hydrogen) atoms. The van der Waals surface area contributed by atoms with Gasteiger partial charge < -0.3 is 21.2 Å². The number of carbonyl (C=O) groups excluding carboxylic acids is 1. The molecule has 0 spiro atoms. The summed E-state index contributed by atoms with van der Waals surface area (Å²) in [6.45, 7) is 8.89. The molecule has 4 aromatic rings. The Bertz CT molecular complexity index is 1460. The van der Waals surface area contributed by atoms with Gasteiger partial charge in [0.1, 0.15) is 5.41 Å². The molecule has 0 aliphatic heterocycles. The summed E-state index contributed by atoms with van der Waals surface area (Å²) in [5.74, 6) is -0.332. The molecule has 13 heteroatoms. The molecule has 0 fully saturated rings. The summed E-state index contributed by atoms with van der Waals surface area (Å²) in [6.07, 6.45) is 0. The smallest absolute Gasteiger partial charge is 1.00 e. The Morgan fingerprint density at radius 3 is 1.71 bits per heavy atom. The van der Waals surface area contributed by atoms with E-state index < -0.39 is 20.9 Å². The molecule has 0 saturated carbocycles. The second-order valence-corrected chi connectivity index (χ2v) is 9.33. The van der Waals surface area contributed by atoms with Crippen LogP contribution in [-0.2, 0) is 20.5 Å². The van der Waals surface area contributed by atoms with Gasteiger partial charge in [0.15, 0.2) is 17.4 Å². The zero-order valence-electron chi connectivity index (χ0n) is 22.6. The van der Waals surface area contributed by atoms with Crippen LogP contribution in [0.5, 0.6) is 0 Å². The number of fused-ring (bicyclic) bond motifs is 2. The van der Waals surface area contributed by atoms with Crippen LogP contribution in [0.1, 0.15) is 47.4 Å². The van der Waals surface area contributed by atoms with E-state index in [1.165, 1.54) is 24.3 Å². The monoisotopic (exact) mass is 534 g/mol. The number of nitrogens with zero attached hydrogens (tertiary/aromatic N) is 2. The first-order valence-electron chi connectivity index (χ1n) is 11.2. The largest absolute Gasteiger partial charge is 1.00 e. The number of nitro groups is 2. The van der Waals surface area contributed by atoms with Crippen molar-refractivity contribution in [3.63, 3.8) is 0 Å². The Labute approximate surface area is 243 Å². The van der Waals surface area contributed by atoms with Gasteiger partial charge in [-0.25, -0.2) is 0 Å². The zero-order valence-corrected chi connectivity index (χ0v) is 21.6. The minimum Gasteiger partial charge on any atom is -1.00 e. The standard InChI is InChI=1S/C14H16N2O4.C11H12N2O3.Al.Li.4H/c1-4-20-13(17)14(2,3)12-8-9-7-10(16(18)19)5-6-11(9)15-12;1-11(2,14)10-6-7-5-8(13(15)16)3-4-9(7)12-10;;;;;;/h5-8,15H,4H2,1-3H3;3-6,12,14H,1-2H3;;;;;;/q;;;+1;;;;-1. The fourth-order valence-electron chi connectivity index (χ4n) is 3.55. The second-order valence-electron chi connectivity index (χ2n) is 9.33. The van der Waals surface area contributed by atoms with Crippen LogP contribution in [0.3, 0.4) is 0 Å². The third kappa shape index (κ3) is 7.25. The van der Waals surface area contributed by atoms with Gasteiger partial charge in [-0.3, -0.25) is 25.0 Å². The number of H-pyrrole nitrogens is 2. The number of non-ortho nitro benzene ring substituents is 2. The van der Waals surface area contributed by atoms with E-state index in [1.807, 2.05) is 0 Å². The summed E-state index contributed by atoms with van der Waals surface area (Å²) in [4.78, 5) is 38.6. The quantitative estimate of drug-likeness (QED) is 0.145. The van der Waals surface area contributed by atoms with Gasteiger partial charge in [0.2, 0.25) is 0 Å². The average Bonchev–Trinajstić information content (AvgIpc) is 3.43. The molecule has 0 unspecified atom stereocenters.